The Balaban J connectivity index is 2.14. The summed E-state index contributed by atoms with van der Waals surface area (Å²) in [6, 6.07) is 5.49. The average Bonchev–Trinajstić information content (AvgIpc) is 2.48. The Hall–Kier alpha value is -2.02. The van der Waals surface area contributed by atoms with E-state index in [1.165, 1.54) is 11.8 Å². The van der Waals surface area contributed by atoms with Crippen molar-refractivity contribution in [3.63, 3.8) is 0 Å². The number of ether oxygens (including phenoxy) is 2. The molecule has 1 aromatic rings. The number of benzene rings is 1. The van der Waals surface area contributed by atoms with E-state index in [0.717, 1.165) is 5.56 Å². The van der Waals surface area contributed by atoms with Gasteiger partial charge in [-0.15, -0.1) is 5.10 Å². The minimum atomic E-state index is -0.190. The highest BCUT2D eigenvalue weighted by atomic mass is 32.2. The first-order valence-corrected chi connectivity index (χ1v) is 6.82. The molecule has 1 aliphatic heterocycles. The van der Waals surface area contributed by atoms with Crippen LogP contribution in [-0.4, -0.2) is 36.8 Å². The van der Waals surface area contributed by atoms with Crippen LogP contribution in [0.5, 0.6) is 11.5 Å². The Morgan fingerprint density at radius 1 is 1.35 bits per heavy atom. The summed E-state index contributed by atoms with van der Waals surface area (Å²) in [4.78, 5) is 15.5. The third kappa shape index (κ3) is 3.30. The molecular weight excluding hydrogens is 278 g/mol. The highest BCUT2D eigenvalue weighted by Crippen LogP contribution is 2.27. The van der Waals surface area contributed by atoms with Crippen molar-refractivity contribution in [1.82, 2.24) is 5.43 Å². The van der Waals surface area contributed by atoms with Gasteiger partial charge >= 0.3 is 0 Å². The van der Waals surface area contributed by atoms with Crippen molar-refractivity contribution < 1.29 is 14.3 Å². The molecule has 1 atom stereocenters. The minimum Gasteiger partial charge on any atom is -0.493 e. The van der Waals surface area contributed by atoms with E-state index in [9.17, 15) is 4.79 Å². The summed E-state index contributed by atoms with van der Waals surface area (Å²) >= 11 is 1.32. The third-order valence-electron chi connectivity index (χ3n) is 2.64. The number of rotatable bonds is 3. The molecule has 106 valence electrons. The second-order valence-electron chi connectivity index (χ2n) is 4.00. The van der Waals surface area contributed by atoms with Gasteiger partial charge in [-0.25, -0.2) is 10.4 Å². The molecule has 0 aromatic heterocycles. The summed E-state index contributed by atoms with van der Waals surface area (Å²) in [5, 5.41) is 4.21. The van der Waals surface area contributed by atoms with Crippen molar-refractivity contribution in [2.75, 3.05) is 14.2 Å². The molecule has 1 N–H and O–H groups in total. The van der Waals surface area contributed by atoms with Gasteiger partial charge in [0.2, 0.25) is 5.17 Å². The SMILES string of the molecule is COc1ccc(/C=N/C2=NNC(=O)C(C)S2)cc1OC. The van der Waals surface area contributed by atoms with E-state index in [-0.39, 0.29) is 11.2 Å². The molecule has 2 rings (SSSR count). The molecule has 1 amide bonds. The largest absolute Gasteiger partial charge is 0.493 e. The van der Waals surface area contributed by atoms with Gasteiger partial charge in [0.25, 0.3) is 5.91 Å². The molecule has 0 aliphatic carbocycles. The summed E-state index contributed by atoms with van der Waals surface area (Å²) in [5.74, 6) is 1.19. The molecule has 0 spiro atoms. The van der Waals surface area contributed by atoms with E-state index in [2.05, 4.69) is 15.5 Å². The van der Waals surface area contributed by atoms with Crippen molar-refractivity contribution in [1.29, 1.82) is 0 Å². The third-order valence-corrected chi connectivity index (χ3v) is 3.62. The van der Waals surface area contributed by atoms with Crippen LogP contribution in [0.4, 0.5) is 0 Å². The number of aliphatic imine (C=N–C) groups is 1. The lowest BCUT2D eigenvalue weighted by Crippen LogP contribution is -2.32. The number of amides is 1. The molecule has 0 saturated heterocycles. The fraction of sp³-hybridized carbons (Fsp3) is 0.308. The standard InChI is InChI=1S/C13H15N3O3S/c1-8-12(17)15-16-13(20-8)14-7-9-4-5-10(18-2)11(6-9)19-3/h4-8H,1-3H3,(H,15,17)/b14-7+. The maximum Gasteiger partial charge on any atom is 0.253 e. The maximum absolute atomic E-state index is 11.2. The molecule has 1 heterocycles. The van der Waals surface area contributed by atoms with E-state index >= 15 is 0 Å². The van der Waals surface area contributed by atoms with Crippen LogP contribution in [0.25, 0.3) is 0 Å². The van der Waals surface area contributed by atoms with Crippen molar-refractivity contribution in [2.45, 2.75) is 12.2 Å². The lowest BCUT2D eigenvalue weighted by molar-refractivity contribution is -0.120. The summed E-state index contributed by atoms with van der Waals surface area (Å²) in [6.07, 6.45) is 1.66. The number of hydrogen-bond acceptors (Lipinski definition) is 6. The second kappa shape index (κ2) is 6.42. The van der Waals surface area contributed by atoms with Gasteiger partial charge < -0.3 is 9.47 Å². The zero-order valence-electron chi connectivity index (χ0n) is 11.4. The van der Waals surface area contributed by atoms with Gasteiger partial charge in [0, 0.05) is 6.21 Å². The quantitative estimate of drug-likeness (QED) is 0.860. The average molecular weight is 293 g/mol. The van der Waals surface area contributed by atoms with Crippen LogP contribution in [0.15, 0.2) is 28.3 Å². The summed E-state index contributed by atoms with van der Waals surface area (Å²) in [6.45, 7) is 1.81. The van der Waals surface area contributed by atoms with Crippen LogP contribution < -0.4 is 14.9 Å². The zero-order chi connectivity index (χ0) is 14.5. The Morgan fingerprint density at radius 2 is 2.10 bits per heavy atom. The lowest BCUT2D eigenvalue weighted by Gasteiger charge is -2.13. The first-order valence-electron chi connectivity index (χ1n) is 5.94. The predicted octanol–water partition coefficient (Wildman–Crippen LogP) is 1.65. The van der Waals surface area contributed by atoms with E-state index in [0.29, 0.717) is 16.7 Å². The Morgan fingerprint density at radius 3 is 2.75 bits per heavy atom. The van der Waals surface area contributed by atoms with E-state index in [1.54, 1.807) is 33.4 Å². The summed E-state index contributed by atoms with van der Waals surface area (Å²) in [7, 11) is 3.17. The number of amidine groups is 1. The number of nitrogens with one attached hydrogen (secondary N) is 1. The van der Waals surface area contributed by atoms with Crippen molar-refractivity contribution in [2.24, 2.45) is 10.1 Å². The van der Waals surface area contributed by atoms with Crippen LogP contribution in [0.2, 0.25) is 0 Å². The van der Waals surface area contributed by atoms with Gasteiger partial charge in [0.15, 0.2) is 11.5 Å². The number of nitrogens with zero attached hydrogens (tertiary/aromatic N) is 2. The molecule has 1 aliphatic rings. The lowest BCUT2D eigenvalue weighted by atomic mass is 10.2. The molecule has 0 saturated carbocycles. The van der Waals surface area contributed by atoms with Crippen LogP contribution in [-0.2, 0) is 4.79 Å². The fourth-order valence-electron chi connectivity index (χ4n) is 1.55. The van der Waals surface area contributed by atoms with Crippen LogP contribution in [0.1, 0.15) is 12.5 Å². The smallest absolute Gasteiger partial charge is 0.253 e. The minimum absolute atomic E-state index is 0.111. The molecular formula is C13H15N3O3S. The van der Waals surface area contributed by atoms with E-state index in [4.69, 9.17) is 9.47 Å². The Labute approximate surface area is 121 Å². The van der Waals surface area contributed by atoms with E-state index < -0.39 is 0 Å². The summed E-state index contributed by atoms with van der Waals surface area (Å²) in [5.41, 5.74) is 3.29. The van der Waals surface area contributed by atoms with Crippen molar-refractivity contribution in [3.05, 3.63) is 23.8 Å². The normalized spacial score (nSPS) is 18.6. The van der Waals surface area contributed by atoms with Crippen LogP contribution in [0.3, 0.4) is 0 Å². The van der Waals surface area contributed by atoms with Crippen LogP contribution in [0, 0.1) is 0 Å². The number of thioether (sulfide) groups is 1. The Bertz CT molecular complexity index is 572. The number of methoxy groups -OCH3 is 2. The number of carbonyl (C=O) groups excluding carboxylic acids is 1. The molecule has 20 heavy (non-hydrogen) atoms. The molecule has 0 fully saturated rings. The topological polar surface area (TPSA) is 72.3 Å². The molecule has 0 bridgehead atoms. The molecule has 0 radical (unpaired) electrons. The molecule has 6 nitrogen and oxygen atoms in total. The first kappa shape index (κ1) is 14.4. The second-order valence-corrected chi connectivity index (χ2v) is 5.31. The van der Waals surface area contributed by atoms with Crippen molar-refractivity contribution in [3.8, 4) is 11.5 Å². The molecule has 1 aromatic carbocycles. The number of carbonyl (C=O) groups is 1. The number of hydrazone groups is 1. The fourth-order valence-corrected chi connectivity index (χ4v) is 2.24. The van der Waals surface area contributed by atoms with Crippen molar-refractivity contribution >= 4 is 29.1 Å². The van der Waals surface area contributed by atoms with Crippen LogP contribution >= 0.6 is 11.8 Å². The summed E-state index contributed by atoms with van der Waals surface area (Å²) < 4.78 is 10.4. The van der Waals surface area contributed by atoms with Gasteiger partial charge in [-0.2, -0.15) is 0 Å². The maximum atomic E-state index is 11.2. The van der Waals surface area contributed by atoms with Gasteiger partial charge in [-0.1, -0.05) is 11.8 Å². The molecule has 7 heteroatoms. The Kier molecular flexibility index (Phi) is 4.62. The highest BCUT2D eigenvalue weighted by molar-refractivity contribution is 8.15. The van der Waals surface area contributed by atoms with Gasteiger partial charge in [0.05, 0.1) is 19.5 Å². The highest BCUT2D eigenvalue weighted by Gasteiger charge is 2.20. The first-order chi connectivity index (χ1) is 9.63. The zero-order valence-corrected chi connectivity index (χ0v) is 12.2. The predicted molar refractivity (Wildman–Crippen MR) is 79.8 cm³/mol. The molecule has 1 unspecified atom stereocenters. The van der Waals surface area contributed by atoms with Gasteiger partial charge in [-0.05, 0) is 30.7 Å². The van der Waals surface area contributed by atoms with Gasteiger partial charge in [0.1, 0.15) is 0 Å². The van der Waals surface area contributed by atoms with E-state index in [1.807, 2.05) is 12.1 Å². The number of hydrogen-bond donors (Lipinski definition) is 1. The monoisotopic (exact) mass is 293 g/mol. The van der Waals surface area contributed by atoms with Gasteiger partial charge in [-0.3, -0.25) is 4.79 Å².